The van der Waals surface area contributed by atoms with E-state index in [-0.39, 0.29) is 25.4 Å². The smallest absolute Gasteiger partial charge is 0.330 e. The Morgan fingerprint density at radius 2 is 1.64 bits per heavy atom. The molecular weight excluding hydrogens is 618 g/mol. The van der Waals surface area contributed by atoms with Crippen LogP contribution in [0.25, 0.3) is 0 Å². The number of carbonyl (C=O) groups is 2. The van der Waals surface area contributed by atoms with Crippen LogP contribution < -0.4 is 5.73 Å². The first-order chi connectivity index (χ1) is 22.3. The summed E-state index contributed by atoms with van der Waals surface area (Å²) in [5, 5.41) is 63.9. The second kappa shape index (κ2) is 16.6. The van der Waals surface area contributed by atoms with E-state index in [9.17, 15) is 40.2 Å². The van der Waals surface area contributed by atoms with E-state index in [0.717, 1.165) is 0 Å². The van der Waals surface area contributed by atoms with Crippen molar-refractivity contribution in [1.29, 1.82) is 0 Å². The highest BCUT2D eigenvalue weighted by atomic mass is 16.7. The topological polar surface area (TPSA) is 231 Å². The Balaban J connectivity index is 1.58. The van der Waals surface area contributed by atoms with Crippen LogP contribution in [0.4, 0.5) is 0 Å². The van der Waals surface area contributed by atoms with Crippen molar-refractivity contribution in [2.75, 3.05) is 0 Å². The van der Waals surface area contributed by atoms with E-state index in [2.05, 4.69) is 0 Å². The highest BCUT2D eigenvalue weighted by Gasteiger charge is 2.51. The average molecular weight is 666 g/mol. The number of nitrogens with two attached hydrogens (primary N) is 1. The van der Waals surface area contributed by atoms with Gasteiger partial charge in [-0.1, -0.05) is 48.6 Å². The van der Waals surface area contributed by atoms with Gasteiger partial charge in [0.05, 0.1) is 48.8 Å². The number of allylic oxidation sites excluding steroid dienone is 6. The second-order valence-electron chi connectivity index (χ2n) is 12.6. The van der Waals surface area contributed by atoms with Gasteiger partial charge in [-0.15, -0.1) is 0 Å². The van der Waals surface area contributed by atoms with Gasteiger partial charge in [0.2, 0.25) is 0 Å². The number of rotatable bonds is 3. The number of hydrogen-bond donors (Lipinski definition) is 7. The third-order valence-electron chi connectivity index (χ3n) is 8.58. The summed E-state index contributed by atoms with van der Waals surface area (Å²) < 4.78 is 28.5. The monoisotopic (exact) mass is 665 g/mol. The molecule has 262 valence electrons. The zero-order chi connectivity index (χ0) is 34.3. The number of hydrogen-bond acceptors (Lipinski definition) is 13. The molecule has 3 fully saturated rings. The van der Waals surface area contributed by atoms with Gasteiger partial charge in [0.1, 0.15) is 24.2 Å². The Hall–Kier alpha value is -2.76. The van der Waals surface area contributed by atoms with Crippen molar-refractivity contribution in [3.05, 3.63) is 60.8 Å². The zero-order valence-electron chi connectivity index (χ0n) is 26.4. The fourth-order valence-corrected chi connectivity index (χ4v) is 6.00. The molecule has 4 aliphatic heterocycles. The maximum absolute atomic E-state index is 12.3. The molecule has 0 spiro atoms. The van der Waals surface area contributed by atoms with E-state index in [1.165, 1.54) is 12.2 Å². The lowest BCUT2D eigenvalue weighted by atomic mass is 9.83. The van der Waals surface area contributed by atoms with Crippen LogP contribution in [0.2, 0.25) is 0 Å². The molecule has 0 radical (unpaired) electrons. The van der Waals surface area contributed by atoms with Crippen molar-refractivity contribution in [3.63, 3.8) is 0 Å². The van der Waals surface area contributed by atoms with E-state index in [1.54, 1.807) is 56.4 Å². The van der Waals surface area contributed by atoms with Crippen LogP contribution in [0.15, 0.2) is 60.8 Å². The van der Waals surface area contributed by atoms with Gasteiger partial charge < -0.3 is 60.1 Å². The number of aliphatic carboxylic acids is 1. The van der Waals surface area contributed by atoms with Crippen LogP contribution in [-0.4, -0.2) is 122 Å². The van der Waals surface area contributed by atoms with E-state index in [4.69, 9.17) is 29.4 Å². The quantitative estimate of drug-likeness (QED) is 0.157. The normalized spacial score (nSPS) is 43.8. The summed E-state index contributed by atoms with van der Waals surface area (Å²) >= 11 is 0. The van der Waals surface area contributed by atoms with Gasteiger partial charge in [0.15, 0.2) is 12.1 Å². The number of carboxylic acid groups (broad SMARTS) is 1. The Morgan fingerprint density at radius 3 is 2.36 bits per heavy atom. The van der Waals surface area contributed by atoms with Crippen LogP contribution in [-0.2, 0) is 33.3 Å². The van der Waals surface area contributed by atoms with Crippen molar-refractivity contribution in [1.82, 2.24) is 0 Å². The number of fused-ring (bicyclic) bond motifs is 3. The number of esters is 1. The summed E-state index contributed by atoms with van der Waals surface area (Å²) in [6.07, 6.45) is 5.25. The molecule has 0 saturated carbocycles. The molecule has 2 bridgehead atoms. The molecule has 3 saturated heterocycles. The van der Waals surface area contributed by atoms with Crippen molar-refractivity contribution >= 4 is 11.9 Å². The largest absolute Gasteiger partial charge is 0.481 e. The van der Waals surface area contributed by atoms with Crippen molar-refractivity contribution in [2.45, 2.75) is 125 Å². The summed E-state index contributed by atoms with van der Waals surface area (Å²) in [6.45, 7) is 3.34. The Morgan fingerprint density at radius 1 is 0.936 bits per heavy atom. The lowest BCUT2D eigenvalue weighted by molar-refractivity contribution is -0.308. The average Bonchev–Trinajstić information content (AvgIpc) is 3.72. The van der Waals surface area contributed by atoms with Gasteiger partial charge in [-0.2, -0.15) is 0 Å². The number of ether oxygens (including phenoxy) is 5. The molecule has 4 aliphatic rings. The van der Waals surface area contributed by atoms with Crippen LogP contribution in [0.3, 0.4) is 0 Å². The summed E-state index contributed by atoms with van der Waals surface area (Å²) in [5.74, 6) is -5.45. The maximum Gasteiger partial charge on any atom is 0.330 e. The molecule has 0 aromatic rings. The number of aliphatic hydroxyl groups is 5. The first kappa shape index (κ1) is 37.1. The van der Waals surface area contributed by atoms with Gasteiger partial charge in [-0.25, -0.2) is 4.79 Å². The van der Waals surface area contributed by atoms with Gasteiger partial charge in [-0.05, 0) is 19.9 Å². The summed E-state index contributed by atoms with van der Waals surface area (Å²) in [6, 6.07) is -1.08. The Kier molecular flexibility index (Phi) is 13.1. The first-order valence-electron chi connectivity index (χ1n) is 15.9. The van der Waals surface area contributed by atoms with E-state index in [0.29, 0.717) is 6.42 Å². The molecule has 0 aliphatic carbocycles. The summed E-state index contributed by atoms with van der Waals surface area (Å²) in [5.41, 5.74) is 5.98. The lowest BCUT2D eigenvalue weighted by Gasteiger charge is -2.45. The maximum atomic E-state index is 12.3. The molecule has 4 rings (SSSR count). The molecule has 4 heterocycles. The minimum absolute atomic E-state index is 0.0789. The van der Waals surface area contributed by atoms with Crippen molar-refractivity contribution in [2.24, 2.45) is 11.7 Å². The van der Waals surface area contributed by atoms with Gasteiger partial charge in [-0.3, -0.25) is 4.79 Å². The molecule has 0 aromatic carbocycles. The van der Waals surface area contributed by atoms with Crippen molar-refractivity contribution in [3.8, 4) is 0 Å². The summed E-state index contributed by atoms with van der Waals surface area (Å²) in [4.78, 5) is 24.4. The molecule has 14 atom stereocenters. The molecular formula is C33H47NO13. The number of aliphatic hydroxyl groups excluding tert-OH is 4. The molecule has 0 unspecified atom stereocenters. The van der Waals surface area contributed by atoms with Crippen LogP contribution >= 0.6 is 0 Å². The SMILES string of the molecule is C[C@@H]1CC=CC=CC=CC=C[C@H](O[C@@H]2O[C@H](C)[C@@H](O)[C@H](N)[C@@H]2O)C[C@@H]2O[C@](O)(C[C@@H](O)C[C@H]3O[C@@H]3C=CC(=O)O1)C[C@H](O)[C@H]2C(=O)O. The van der Waals surface area contributed by atoms with Gasteiger partial charge in [0.25, 0.3) is 0 Å². The number of cyclic esters (lactones) is 1. The van der Waals surface area contributed by atoms with E-state index >= 15 is 0 Å². The lowest BCUT2D eigenvalue weighted by Crippen LogP contribution is -2.61. The van der Waals surface area contributed by atoms with Crippen LogP contribution in [0.1, 0.15) is 46.0 Å². The van der Waals surface area contributed by atoms with Crippen LogP contribution in [0.5, 0.6) is 0 Å². The van der Waals surface area contributed by atoms with Crippen molar-refractivity contribution < 1.29 is 63.9 Å². The van der Waals surface area contributed by atoms with E-state index < -0.39 is 97.3 Å². The highest BCUT2D eigenvalue weighted by molar-refractivity contribution is 5.82. The Bertz CT molecular complexity index is 1220. The third-order valence-corrected chi connectivity index (χ3v) is 8.58. The standard InChI is InChI=1S/C33H47NO13/c1-18-10-8-6-4-3-5-7-9-11-21(45-32-30(39)28(34)29(38)19(2)44-32)15-25-27(31(40)41)22(36)17-33(42,47-25)16-20(35)14-24-23(46-24)12-13-26(37)43-18/h3-9,11-13,18-25,27-30,32,35-36,38-39,42H,10,14-17,34H2,1-2H3,(H,40,41)/t18-,19-,20+,21+,22+,23-,24-,25+,27-,28+,29-,30+,32+,33-/m1/s1. The molecule has 14 heteroatoms. The Labute approximate surface area is 273 Å². The number of epoxide rings is 1. The molecule has 0 amide bonds. The van der Waals surface area contributed by atoms with Gasteiger partial charge in [0, 0.05) is 38.2 Å². The first-order valence-corrected chi connectivity index (χ1v) is 15.9. The predicted molar refractivity (Wildman–Crippen MR) is 165 cm³/mol. The fourth-order valence-electron chi connectivity index (χ4n) is 6.00. The zero-order valence-corrected chi connectivity index (χ0v) is 26.4. The number of carboxylic acids is 1. The summed E-state index contributed by atoms with van der Waals surface area (Å²) in [7, 11) is 0. The molecule has 14 nitrogen and oxygen atoms in total. The minimum Gasteiger partial charge on any atom is -0.481 e. The predicted octanol–water partition coefficient (Wildman–Crippen LogP) is 0.120. The molecule has 0 aromatic heterocycles. The molecule has 8 N–H and O–H groups in total. The second-order valence-corrected chi connectivity index (χ2v) is 12.6. The highest BCUT2D eigenvalue weighted by Crippen LogP contribution is 2.39. The van der Waals surface area contributed by atoms with E-state index in [1.807, 2.05) is 6.08 Å². The minimum atomic E-state index is -2.10. The van der Waals surface area contributed by atoms with Crippen LogP contribution in [0, 0.1) is 5.92 Å². The third kappa shape index (κ3) is 10.6. The molecule has 47 heavy (non-hydrogen) atoms. The number of carbonyl (C=O) groups excluding carboxylic acids is 1. The van der Waals surface area contributed by atoms with Gasteiger partial charge >= 0.3 is 11.9 Å². The fraction of sp³-hybridized carbons (Fsp3) is 0.636.